The summed E-state index contributed by atoms with van der Waals surface area (Å²) >= 11 is 0. The molecule has 4 aromatic carbocycles. The minimum atomic E-state index is -1.21. The van der Waals surface area contributed by atoms with Crippen molar-refractivity contribution >= 4 is 5.97 Å². The average Bonchev–Trinajstić information content (AvgIpc) is 2.88. The molecule has 0 bridgehead atoms. The van der Waals surface area contributed by atoms with Gasteiger partial charge in [-0.2, -0.15) is 0 Å². The van der Waals surface area contributed by atoms with Gasteiger partial charge in [-0.25, -0.2) is 4.79 Å². The van der Waals surface area contributed by atoms with Gasteiger partial charge in [-0.1, -0.05) is 48.0 Å². The highest BCUT2D eigenvalue weighted by Gasteiger charge is 2.26. The highest BCUT2D eigenvalue weighted by atomic mass is 16.5. The van der Waals surface area contributed by atoms with Crippen LogP contribution in [0.2, 0.25) is 0 Å². The van der Waals surface area contributed by atoms with Crippen LogP contribution in [0.25, 0.3) is 22.3 Å². The van der Waals surface area contributed by atoms with Crippen LogP contribution >= 0.6 is 0 Å². The predicted octanol–water partition coefficient (Wildman–Crippen LogP) is 6.03. The molecule has 0 heterocycles. The molecule has 0 saturated carbocycles. The first-order valence-electron chi connectivity index (χ1n) is 11.2. The van der Waals surface area contributed by atoms with E-state index in [9.17, 15) is 20.1 Å². The van der Waals surface area contributed by atoms with Gasteiger partial charge in [0.2, 0.25) is 0 Å². The lowest BCUT2D eigenvalue weighted by atomic mass is 9.92. The third-order valence-electron chi connectivity index (χ3n) is 5.82. The minimum absolute atomic E-state index is 0.0540. The summed E-state index contributed by atoms with van der Waals surface area (Å²) in [5.41, 5.74) is 3.80. The summed E-state index contributed by atoms with van der Waals surface area (Å²) in [6, 6.07) is 20.5. The molecule has 0 radical (unpaired) electrons. The van der Waals surface area contributed by atoms with Crippen molar-refractivity contribution in [2.75, 3.05) is 14.2 Å². The van der Waals surface area contributed by atoms with E-state index in [1.165, 1.54) is 32.4 Å². The predicted molar refractivity (Wildman–Crippen MR) is 136 cm³/mol. The van der Waals surface area contributed by atoms with E-state index >= 15 is 0 Å². The van der Waals surface area contributed by atoms with Gasteiger partial charge in [0.25, 0.3) is 0 Å². The fraction of sp³-hybridized carbons (Fsp3) is 0.138. The van der Waals surface area contributed by atoms with Crippen molar-refractivity contribution in [2.45, 2.75) is 13.5 Å². The third-order valence-corrected chi connectivity index (χ3v) is 5.82. The van der Waals surface area contributed by atoms with E-state index in [1.54, 1.807) is 30.3 Å². The number of ether oxygens (including phenoxy) is 3. The van der Waals surface area contributed by atoms with E-state index in [4.69, 9.17) is 14.2 Å². The Morgan fingerprint density at radius 3 is 2.06 bits per heavy atom. The molecule has 3 N–H and O–H groups in total. The van der Waals surface area contributed by atoms with E-state index in [-0.39, 0.29) is 29.4 Å². The summed E-state index contributed by atoms with van der Waals surface area (Å²) in [6.07, 6.45) is 0. The smallest absolute Gasteiger partial charge is 0.340 e. The van der Waals surface area contributed by atoms with E-state index < -0.39 is 5.97 Å². The first-order chi connectivity index (χ1) is 17.3. The maximum absolute atomic E-state index is 12.4. The van der Waals surface area contributed by atoms with Crippen LogP contribution in [-0.4, -0.2) is 35.5 Å². The van der Waals surface area contributed by atoms with Crippen molar-refractivity contribution in [3.8, 4) is 51.0 Å². The number of aromatic carboxylic acids is 1. The number of methoxy groups -OCH3 is 2. The topological polar surface area (TPSA) is 105 Å². The van der Waals surface area contributed by atoms with Crippen LogP contribution in [0.4, 0.5) is 0 Å². The Labute approximate surface area is 208 Å². The normalized spacial score (nSPS) is 10.6. The Hall–Kier alpha value is -4.65. The fourth-order valence-corrected chi connectivity index (χ4v) is 4.00. The number of hydrogen-bond acceptors (Lipinski definition) is 6. The molecular formula is C29H26O7. The fourth-order valence-electron chi connectivity index (χ4n) is 4.00. The number of carboxylic acid groups (broad SMARTS) is 1. The van der Waals surface area contributed by atoms with Gasteiger partial charge in [-0.3, -0.25) is 0 Å². The standard InChI is InChI=1S/C29H26O7/c1-17-4-6-18(7-5-17)16-36-24-13-10-20(14-23(24)31)22-15-25(34-2)26(19-8-11-21(30)12-9-19)27(29(32)33)28(22)35-3/h4-15,30-31H,16H2,1-3H3,(H,32,33). The molecule has 0 amide bonds. The molecule has 0 aromatic heterocycles. The molecule has 0 spiro atoms. The average molecular weight is 487 g/mol. The van der Waals surface area contributed by atoms with Gasteiger partial charge in [0.15, 0.2) is 11.5 Å². The summed E-state index contributed by atoms with van der Waals surface area (Å²) < 4.78 is 16.9. The molecule has 0 aliphatic heterocycles. The van der Waals surface area contributed by atoms with Crippen molar-refractivity contribution < 1.29 is 34.3 Å². The number of benzene rings is 4. The van der Waals surface area contributed by atoms with Crippen LogP contribution in [0.15, 0.2) is 72.8 Å². The number of aryl methyl sites for hydroxylation is 1. The zero-order valence-electron chi connectivity index (χ0n) is 20.1. The SMILES string of the molecule is COc1cc(-c2ccc(OCc3ccc(C)cc3)c(O)c2)c(OC)c(C(=O)O)c1-c1ccc(O)cc1. The van der Waals surface area contributed by atoms with Crippen molar-refractivity contribution in [3.05, 3.63) is 89.5 Å². The molecule has 0 aliphatic rings. The largest absolute Gasteiger partial charge is 0.508 e. The molecule has 4 rings (SSSR count). The lowest BCUT2D eigenvalue weighted by Gasteiger charge is -2.19. The molecule has 184 valence electrons. The molecule has 0 saturated heterocycles. The number of rotatable bonds is 8. The van der Waals surface area contributed by atoms with Crippen molar-refractivity contribution in [2.24, 2.45) is 0 Å². The Morgan fingerprint density at radius 2 is 1.47 bits per heavy atom. The van der Waals surface area contributed by atoms with Crippen molar-refractivity contribution in [3.63, 3.8) is 0 Å². The maximum Gasteiger partial charge on any atom is 0.340 e. The summed E-state index contributed by atoms with van der Waals surface area (Å²) in [5.74, 6) is -0.549. The highest BCUT2D eigenvalue weighted by molar-refractivity contribution is 6.04. The van der Waals surface area contributed by atoms with Crippen LogP contribution in [0.5, 0.6) is 28.7 Å². The van der Waals surface area contributed by atoms with Gasteiger partial charge in [0, 0.05) is 11.1 Å². The Balaban J connectivity index is 1.77. The number of phenolic OH excluding ortho intramolecular Hbond substituents is 2. The third kappa shape index (κ3) is 4.90. The Morgan fingerprint density at radius 1 is 0.806 bits per heavy atom. The van der Waals surface area contributed by atoms with Gasteiger partial charge in [0.1, 0.15) is 29.4 Å². The zero-order valence-corrected chi connectivity index (χ0v) is 20.1. The van der Waals surface area contributed by atoms with Crippen LogP contribution in [0.3, 0.4) is 0 Å². The molecule has 0 aliphatic carbocycles. The number of hydrogen-bond donors (Lipinski definition) is 3. The molecule has 36 heavy (non-hydrogen) atoms. The summed E-state index contributed by atoms with van der Waals surface area (Å²) in [5, 5.41) is 30.4. The van der Waals surface area contributed by atoms with Gasteiger partial charge in [0.05, 0.1) is 14.2 Å². The summed E-state index contributed by atoms with van der Waals surface area (Å²) in [7, 11) is 2.83. The van der Waals surface area contributed by atoms with Crippen molar-refractivity contribution in [1.29, 1.82) is 0 Å². The van der Waals surface area contributed by atoms with E-state index in [2.05, 4.69) is 0 Å². The molecule has 7 heteroatoms. The zero-order chi connectivity index (χ0) is 25.8. The first-order valence-corrected chi connectivity index (χ1v) is 11.2. The van der Waals surface area contributed by atoms with E-state index in [1.807, 2.05) is 31.2 Å². The Kier molecular flexibility index (Phi) is 7.01. The number of phenols is 2. The quantitative estimate of drug-likeness (QED) is 0.279. The molecule has 0 fully saturated rings. The lowest BCUT2D eigenvalue weighted by Crippen LogP contribution is -2.07. The second-order valence-electron chi connectivity index (χ2n) is 8.22. The summed E-state index contributed by atoms with van der Waals surface area (Å²) in [6.45, 7) is 2.29. The second kappa shape index (κ2) is 10.3. The van der Waals surface area contributed by atoms with Crippen LogP contribution in [0.1, 0.15) is 21.5 Å². The molecular weight excluding hydrogens is 460 g/mol. The van der Waals surface area contributed by atoms with Crippen LogP contribution in [-0.2, 0) is 6.61 Å². The number of carbonyl (C=O) groups is 1. The van der Waals surface area contributed by atoms with Crippen LogP contribution < -0.4 is 14.2 Å². The van der Waals surface area contributed by atoms with Crippen molar-refractivity contribution in [1.82, 2.24) is 0 Å². The van der Waals surface area contributed by atoms with Gasteiger partial charge < -0.3 is 29.5 Å². The molecule has 0 unspecified atom stereocenters. The van der Waals surface area contributed by atoms with E-state index in [0.717, 1.165) is 11.1 Å². The second-order valence-corrected chi connectivity index (χ2v) is 8.22. The molecule has 7 nitrogen and oxygen atoms in total. The lowest BCUT2D eigenvalue weighted by molar-refractivity contribution is 0.0694. The van der Waals surface area contributed by atoms with Gasteiger partial charge in [-0.05, 0) is 53.9 Å². The molecule has 4 aromatic rings. The monoisotopic (exact) mass is 486 g/mol. The Bertz CT molecular complexity index is 1390. The highest BCUT2D eigenvalue weighted by Crippen LogP contribution is 2.46. The van der Waals surface area contributed by atoms with Crippen LogP contribution in [0, 0.1) is 6.92 Å². The number of carboxylic acids is 1. The maximum atomic E-state index is 12.4. The number of aromatic hydroxyl groups is 2. The first kappa shape index (κ1) is 24.5. The summed E-state index contributed by atoms with van der Waals surface area (Å²) in [4.78, 5) is 12.4. The minimum Gasteiger partial charge on any atom is -0.508 e. The van der Waals surface area contributed by atoms with Gasteiger partial charge >= 0.3 is 5.97 Å². The van der Waals surface area contributed by atoms with E-state index in [0.29, 0.717) is 33.8 Å². The molecule has 0 atom stereocenters. The van der Waals surface area contributed by atoms with Gasteiger partial charge in [-0.15, -0.1) is 0 Å².